The van der Waals surface area contributed by atoms with Crippen LogP contribution in [-0.4, -0.2) is 37.4 Å². The summed E-state index contributed by atoms with van der Waals surface area (Å²) in [6.07, 6.45) is 0. The van der Waals surface area contributed by atoms with Crippen molar-refractivity contribution in [3.8, 4) is 46.0 Å². The van der Waals surface area contributed by atoms with Gasteiger partial charge in [-0.15, -0.1) is 0 Å². The third kappa shape index (κ3) is 2.86. The molecule has 7 nitrogen and oxygen atoms in total. The van der Waals surface area contributed by atoms with Crippen LogP contribution >= 0.6 is 0 Å². The summed E-state index contributed by atoms with van der Waals surface area (Å²) >= 11 is 0. The standard InChI is InChI=1S/C26H17N3O4/c1-33-26-28-24(27-25(29-26)23-19(31)11-16(30)12-20(23)32)18-10-8-15-6-5-13-3-2-4-14-7-9-17(18)22(15)21(13)14/h2-12,30-32H,1H3. The molecule has 0 aliphatic heterocycles. The van der Waals surface area contributed by atoms with Crippen molar-refractivity contribution >= 4 is 32.3 Å². The Bertz CT molecular complexity index is 1660. The van der Waals surface area contributed by atoms with Crippen molar-refractivity contribution in [3.05, 3.63) is 66.7 Å². The number of nitrogens with zero attached hydrogens (tertiary/aromatic N) is 3. The van der Waals surface area contributed by atoms with Crippen LogP contribution in [0.5, 0.6) is 23.3 Å². The minimum Gasteiger partial charge on any atom is -0.508 e. The zero-order valence-corrected chi connectivity index (χ0v) is 17.4. The van der Waals surface area contributed by atoms with Crippen molar-refractivity contribution < 1.29 is 20.1 Å². The van der Waals surface area contributed by atoms with Crippen molar-refractivity contribution in [1.82, 2.24) is 15.0 Å². The van der Waals surface area contributed by atoms with E-state index in [9.17, 15) is 15.3 Å². The number of aromatic hydroxyl groups is 3. The van der Waals surface area contributed by atoms with Crippen LogP contribution in [0.1, 0.15) is 0 Å². The van der Waals surface area contributed by atoms with Crippen LogP contribution in [0.2, 0.25) is 0 Å². The number of methoxy groups -OCH3 is 1. The lowest BCUT2D eigenvalue weighted by Gasteiger charge is -2.14. The number of benzene rings is 5. The molecule has 1 aromatic heterocycles. The van der Waals surface area contributed by atoms with Crippen molar-refractivity contribution in [2.75, 3.05) is 7.11 Å². The van der Waals surface area contributed by atoms with Gasteiger partial charge >= 0.3 is 6.01 Å². The quantitative estimate of drug-likeness (QED) is 0.327. The second kappa shape index (κ2) is 6.93. The molecule has 0 aliphatic carbocycles. The van der Waals surface area contributed by atoms with Crippen LogP contribution in [-0.2, 0) is 0 Å². The van der Waals surface area contributed by atoms with Gasteiger partial charge in [0, 0.05) is 17.7 Å². The molecular weight excluding hydrogens is 418 g/mol. The van der Waals surface area contributed by atoms with Gasteiger partial charge in [-0.05, 0) is 38.4 Å². The van der Waals surface area contributed by atoms with Crippen LogP contribution < -0.4 is 4.74 Å². The zero-order chi connectivity index (χ0) is 22.7. The van der Waals surface area contributed by atoms with E-state index >= 15 is 0 Å². The maximum absolute atomic E-state index is 10.3. The molecule has 6 rings (SSSR count). The van der Waals surface area contributed by atoms with Gasteiger partial charge in [0.2, 0.25) is 0 Å². The Morgan fingerprint density at radius 3 is 1.97 bits per heavy atom. The SMILES string of the molecule is COc1nc(-c2c(O)cc(O)cc2O)nc(-c2ccc3ccc4cccc5ccc2c3c45)n1. The first kappa shape index (κ1) is 19.1. The monoisotopic (exact) mass is 435 g/mol. The number of aromatic nitrogens is 3. The Labute approximate surface area is 187 Å². The Balaban J connectivity index is 1.66. The molecule has 3 N–H and O–H groups in total. The van der Waals surface area contributed by atoms with Gasteiger partial charge in [0.1, 0.15) is 22.8 Å². The first-order valence-corrected chi connectivity index (χ1v) is 10.3. The molecule has 33 heavy (non-hydrogen) atoms. The molecule has 5 aromatic carbocycles. The summed E-state index contributed by atoms with van der Waals surface area (Å²) in [6, 6.07) is 20.8. The van der Waals surface area contributed by atoms with E-state index in [0.717, 1.165) is 44.6 Å². The molecule has 6 aromatic rings. The third-order valence-corrected chi connectivity index (χ3v) is 5.87. The minimum atomic E-state index is -0.359. The third-order valence-electron chi connectivity index (χ3n) is 5.87. The average Bonchev–Trinajstić information content (AvgIpc) is 2.81. The molecule has 0 radical (unpaired) electrons. The highest BCUT2D eigenvalue weighted by Gasteiger charge is 2.20. The average molecular weight is 435 g/mol. The van der Waals surface area contributed by atoms with Crippen molar-refractivity contribution in [3.63, 3.8) is 0 Å². The molecule has 1 heterocycles. The number of rotatable bonds is 3. The summed E-state index contributed by atoms with van der Waals surface area (Å²) in [4.78, 5) is 13.2. The lowest BCUT2D eigenvalue weighted by atomic mass is 9.92. The molecular formula is C26H17N3O4. The maximum atomic E-state index is 10.3. The predicted molar refractivity (Wildman–Crippen MR) is 126 cm³/mol. The molecule has 0 aliphatic rings. The highest BCUT2D eigenvalue weighted by Crippen LogP contribution is 2.41. The van der Waals surface area contributed by atoms with Gasteiger partial charge in [-0.1, -0.05) is 48.5 Å². The van der Waals surface area contributed by atoms with Crippen LogP contribution in [0.15, 0.2) is 66.7 Å². The molecule has 0 bridgehead atoms. The number of ether oxygens (including phenoxy) is 1. The summed E-state index contributed by atoms with van der Waals surface area (Å²) < 4.78 is 5.29. The van der Waals surface area contributed by atoms with E-state index in [1.54, 1.807) is 0 Å². The Morgan fingerprint density at radius 1 is 0.667 bits per heavy atom. The van der Waals surface area contributed by atoms with Crippen LogP contribution in [0, 0.1) is 0 Å². The predicted octanol–water partition coefficient (Wildman–Crippen LogP) is 5.23. The largest absolute Gasteiger partial charge is 0.508 e. The Hall–Kier alpha value is -4.65. The summed E-state index contributed by atoms with van der Waals surface area (Å²) in [5.74, 6) is -0.634. The summed E-state index contributed by atoms with van der Waals surface area (Å²) in [6.45, 7) is 0. The first-order chi connectivity index (χ1) is 16.0. The van der Waals surface area contributed by atoms with E-state index in [0.29, 0.717) is 5.82 Å². The number of hydrogen-bond acceptors (Lipinski definition) is 7. The van der Waals surface area contributed by atoms with Crippen LogP contribution in [0.25, 0.3) is 55.1 Å². The van der Waals surface area contributed by atoms with E-state index in [4.69, 9.17) is 4.74 Å². The summed E-state index contributed by atoms with van der Waals surface area (Å²) in [7, 11) is 1.43. The topological polar surface area (TPSA) is 109 Å². The molecule has 0 spiro atoms. The van der Waals surface area contributed by atoms with Gasteiger partial charge < -0.3 is 20.1 Å². The van der Waals surface area contributed by atoms with E-state index < -0.39 is 0 Å². The van der Waals surface area contributed by atoms with E-state index in [1.807, 2.05) is 24.3 Å². The normalized spacial score (nSPS) is 11.5. The molecule has 160 valence electrons. The van der Waals surface area contributed by atoms with E-state index in [1.165, 1.54) is 12.5 Å². The molecule has 0 saturated carbocycles. The highest BCUT2D eigenvalue weighted by molar-refractivity contribution is 6.25. The van der Waals surface area contributed by atoms with Crippen LogP contribution in [0.3, 0.4) is 0 Å². The van der Waals surface area contributed by atoms with E-state index in [2.05, 4.69) is 45.3 Å². The fourth-order valence-corrected chi connectivity index (χ4v) is 4.44. The zero-order valence-electron chi connectivity index (χ0n) is 17.4. The van der Waals surface area contributed by atoms with Gasteiger partial charge in [-0.2, -0.15) is 9.97 Å². The second-order valence-electron chi connectivity index (χ2n) is 7.80. The number of phenols is 3. The molecule has 0 amide bonds. The van der Waals surface area contributed by atoms with Gasteiger partial charge in [-0.25, -0.2) is 4.98 Å². The fraction of sp³-hybridized carbons (Fsp3) is 0.0385. The summed E-state index contributed by atoms with van der Waals surface area (Å²) in [5, 5.41) is 37.0. The molecule has 0 unspecified atom stereocenters. The molecule has 0 atom stereocenters. The van der Waals surface area contributed by atoms with Crippen molar-refractivity contribution in [2.45, 2.75) is 0 Å². The Kier molecular flexibility index (Phi) is 4.00. The highest BCUT2D eigenvalue weighted by atomic mass is 16.5. The summed E-state index contributed by atoms with van der Waals surface area (Å²) in [5.41, 5.74) is 0.743. The number of phenolic OH excluding ortho intramolecular Hbond substituents is 3. The van der Waals surface area contributed by atoms with Crippen LogP contribution in [0.4, 0.5) is 0 Å². The smallest absolute Gasteiger partial charge is 0.320 e. The first-order valence-electron chi connectivity index (χ1n) is 10.3. The Morgan fingerprint density at radius 2 is 1.27 bits per heavy atom. The number of hydrogen-bond donors (Lipinski definition) is 3. The fourth-order valence-electron chi connectivity index (χ4n) is 4.44. The van der Waals surface area contributed by atoms with Crippen molar-refractivity contribution in [1.29, 1.82) is 0 Å². The molecule has 7 heteroatoms. The molecule has 0 fully saturated rings. The van der Waals surface area contributed by atoms with Crippen molar-refractivity contribution in [2.24, 2.45) is 0 Å². The maximum Gasteiger partial charge on any atom is 0.320 e. The van der Waals surface area contributed by atoms with Gasteiger partial charge in [0.05, 0.1) is 7.11 Å². The van der Waals surface area contributed by atoms with E-state index in [-0.39, 0.29) is 34.6 Å². The van der Waals surface area contributed by atoms with Gasteiger partial charge in [0.25, 0.3) is 0 Å². The lowest BCUT2D eigenvalue weighted by molar-refractivity contribution is 0.379. The van der Waals surface area contributed by atoms with Gasteiger partial charge in [0.15, 0.2) is 11.6 Å². The minimum absolute atomic E-state index is 0.0209. The molecule has 0 saturated heterocycles. The van der Waals surface area contributed by atoms with Gasteiger partial charge in [-0.3, -0.25) is 0 Å². The lowest BCUT2D eigenvalue weighted by Crippen LogP contribution is -2.01. The second-order valence-corrected chi connectivity index (χ2v) is 7.80.